The topological polar surface area (TPSA) is 0 Å². The molecule has 0 aromatic heterocycles. The molecule has 1 aromatic carbocycles. The van der Waals surface area contributed by atoms with Crippen molar-refractivity contribution in [2.75, 3.05) is 0 Å². The van der Waals surface area contributed by atoms with E-state index >= 15 is 0 Å². The molecular weight excluding hydrogens is 246 g/mol. The van der Waals surface area contributed by atoms with Crippen molar-refractivity contribution in [1.82, 2.24) is 0 Å². The average molecular weight is 254 g/mol. The van der Waals surface area contributed by atoms with Gasteiger partial charge < -0.3 is 0 Å². The van der Waals surface area contributed by atoms with Crippen LogP contribution in [-0.4, -0.2) is 0 Å². The van der Waals surface area contributed by atoms with E-state index in [1.165, 1.54) is 19.1 Å². The highest BCUT2D eigenvalue weighted by Gasteiger charge is 2.36. The zero-order chi connectivity index (χ0) is 13.3. The average Bonchev–Trinajstić information content (AvgIpc) is 2.15. The molecule has 0 radical (unpaired) electrons. The summed E-state index contributed by atoms with van der Waals surface area (Å²) in [5.74, 6) is 0. The summed E-state index contributed by atoms with van der Waals surface area (Å²) < 4.78 is 74.3. The first kappa shape index (κ1) is 13.6. The summed E-state index contributed by atoms with van der Waals surface area (Å²) in [5, 5.41) is 0. The molecule has 0 aliphatic rings. The molecule has 0 unspecified atom stereocenters. The fourth-order valence-electron chi connectivity index (χ4n) is 1.27. The van der Waals surface area contributed by atoms with Crippen molar-refractivity contribution in [2.24, 2.45) is 0 Å². The molecule has 17 heavy (non-hydrogen) atoms. The predicted molar refractivity (Wildman–Crippen MR) is 51.2 cm³/mol. The van der Waals surface area contributed by atoms with Crippen molar-refractivity contribution in [2.45, 2.75) is 19.3 Å². The highest BCUT2D eigenvalue weighted by molar-refractivity contribution is 5.52. The minimum Gasteiger partial charge on any atom is -0.166 e. The second-order valence-electron chi connectivity index (χ2n) is 3.34. The normalized spacial score (nSPS) is 13.4. The maximum absolute atomic E-state index is 12.4. The van der Waals surface area contributed by atoms with Crippen molar-refractivity contribution in [3.8, 4) is 0 Å². The second kappa shape index (κ2) is 4.43. The molecule has 0 fully saturated rings. The summed E-state index contributed by atoms with van der Waals surface area (Å²) in [5.41, 5.74) is -2.74. The number of halogens is 6. The van der Waals surface area contributed by atoms with E-state index in [0.29, 0.717) is 12.1 Å². The van der Waals surface area contributed by atoms with Gasteiger partial charge in [0.15, 0.2) is 0 Å². The number of rotatable bonds is 1. The van der Waals surface area contributed by atoms with E-state index in [9.17, 15) is 26.3 Å². The highest BCUT2D eigenvalue weighted by atomic mass is 19.4. The SMILES string of the molecule is C/C=C/c1cc(C(F)(F)F)cc(C(F)(F)F)c1. The number of allylic oxidation sites excluding steroid dienone is 1. The van der Waals surface area contributed by atoms with E-state index in [-0.39, 0.29) is 11.6 Å². The minimum absolute atomic E-state index is 0.104. The molecule has 1 rings (SSSR count). The summed E-state index contributed by atoms with van der Waals surface area (Å²) in [7, 11) is 0. The van der Waals surface area contributed by atoms with Crippen LogP contribution in [0.1, 0.15) is 23.6 Å². The van der Waals surface area contributed by atoms with Crippen molar-refractivity contribution in [3.05, 3.63) is 41.0 Å². The molecule has 0 N–H and O–H groups in total. The minimum atomic E-state index is -4.79. The van der Waals surface area contributed by atoms with Gasteiger partial charge in [0, 0.05) is 0 Å². The van der Waals surface area contributed by atoms with Crippen molar-refractivity contribution in [3.63, 3.8) is 0 Å². The lowest BCUT2D eigenvalue weighted by Gasteiger charge is -2.12. The molecule has 0 aliphatic heterocycles. The number of benzene rings is 1. The van der Waals surface area contributed by atoms with Crippen LogP contribution in [0.2, 0.25) is 0 Å². The zero-order valence-electron chi connectivity index (χ0n) is 8.65. The Balaban J connectivity index is 3.39. The molecular formula is C11H8F6. The van der Waals surface area contributed by atoms with E-state index in [1.54, 1.807) is 0 Å². The van der Waals surface area contributed by atoms with Gasteiger partial charge in [0.05, 0.1) is 11.1 Å². The molecule has 0 nitrogen and oxygen atoms in total. The fraction of sp³-hybridized carbons (Fsp3) is 0.273. The first-order valence-corrected chi connectivity index (χ1v) is 4.57. The van der Waals surface area contributed by atoms with E-state index in [0.717, 1.165) is 0 Å². The molecule has 0 saturated carbocycles. The van der Waals surface area contributed by atoms with Gasteiger partial charge in [-0.1, -0.05) is 12.2 Å². The molecule has 6 heteroatoms. The Morgan fingerprint density at radius 3 is 1.53 bits per heavy atom. The molecule has 0 bridgehead atoms. The van der Waals surface area contributed by atoms with Gasteiger partial charge in [-0.15, -0.1) is 0 Å². The van der Waals surface area contributed by atoms with Crippen molar-refractivity contribution >= 4 is 6.08 Å². The fourth-order valence-corrected chi connectivity index (χ4v) is 1.27. The maximum Gasteiger partial charge on any atom is 0.416 e. The third-order valence-electron chi connectivity index (χ3n) is 1.97. The van der Waals surface area contributed by atoms with Crippen LogP contribution >= 0.6 is 0 Å². The molecule has 0 aliphatic carbocycles. The smallest absolute Gasteiger partial charge is 0.166 e. The van der Waals surface area contributed by atoms with E-state index in [2.05, 4.69) is 0 Å². The van der Waals surface area contributed by atoms with Gasteiger partial charge in [0.1, 0.15) is 0 Å². The lowest BCUT2D eigenvalue weighted by molar-refractivity contribution is -0.143. The summed E-state index contributed by atoms with van der Waals surface area (Å²) in [4.78, 5) is 0. The van der Waals surface area contributed by atoms with E-state index < -0.39 is 23.5 Å². The number of hydrogen-bond donors (Lipinski definition) is 0. The van der Waals surface area contributed by atoms with Crippen LogP contribution in [0.3, 0.4) is 0 Å². The highest BCUT2D eigenvalue weighted by Crippen LogP contribution is 2.36. The van der Waals surface area contributed by atoms with Crippen LogP contribution < -0.4 is 0 Å². The van der Waals surface area contributed by atoms with Crippen LogP contribution in [0.25, 0.3) is 6.08 Å². The lowest BCUT2D eigenvalue weighted by atomic mass is 10.0. The van der Waals surface area contributed by atoms with E-state index in [1.807, 2.05) is 0 Å². The van der Waals surface area contributed by atoms with Crippen LogP contribution in [0.4, 0.5) is 26.3 Å². The molecule has 0 saturated heterocycles. The third-order valence-corrected chi connectivity index (χ3v) is 1.97. The van der Waals surface area contributed by atoms with Gasteiger partial charge in [-0.2, -0.15) is 26.3 Å². The Morgan fingerprint density at radius 2 is 1.24 bits per heavy atom. The molecule has 1 aromatic rings. The Labute approximate surface area is 93.6 Å². The molecule has 0 heterocycles. The predicted octanol–water partition coefficient (Wildman–Crippen LogP) is 4.76. The summed E-state index contributed by atoms with van der Waals surface area (Å²) in [6, 6.07) is 1.46. The van der Waals surface area contributed by atoms with Gasteiger partial charge >= 0.3 is 12.4 Å². The first-order chi connectivity index (χ1) is 7.64. The Hall–Kier alpha value is -1.46. The second-order valence-corrected chi connectivity index (χ2v) is 3.34. The molecule has 0 atom stereocenters. The Morgan fingerprint density at radius 1 is 0.824 bits per heavy atom. The van der Waals surface area contributed by atoms with Crippen LogP contribution in [0.15, 0.2) is 24.3 Å². The number of hydrogen-bond acceptors (Lipinski definition) is 0. The maximum atomic E-state index is 12.4. The van der Waals surface area contributed by atoms with E-state index in [4.69, 9.17) is 0 Å². The Kier molecular flexibility index (Phi) is 3.54. The van der Waals surface area contributed by atoms with Crippen LogP contribution in [0, 0.1) is 0 Å². The molecule has 0 spiro atoms. The van der Waals surface area contributed by atoms with Gasteiger partial charge in [0.25, 0.3) is 0 Å². The monoisotopic (exact) mass is 254 g/mol. The van der Waals surface area contributed by atoms with Gasteiger partial charge in [-0.05, 0) is 30.7 Å². The summed E-state index contributed by atoms with van der Waals surface area (Å²) >= 11 is 0. The lowest BCUT2D eigenvalue weighted by Crippen LogP contribution is -2.11. The standard InChI is InChI=1S/C11H8F6/c1-2-3-7-4-8(10(12,13)14)6-9(5-7)11(15,16)17/h2-6H,1H3/b3-2+. The first-order valence-electron chi connectivity index (χ1n) is 4.57. The van der Waals surface area contributed by atoms with Crippen molar-refractivity contribution in [1.29, 1.82) is 0 Å². The van der Waals surface area contributed by atoms with Gasteiger partial charge in [0.2, 0.25) is 0 Å². The number of alkyl halides is 6. The zero-order valence-corrected chi connectivity index (χ0v) is 8.65. The van der Waals surface area contributed by atoms with Crippen LogP contribution in [0.5, 0.6) is 0 Å². The van der Waals surface area contributed by atoms with Crippen molar-refractivity contribution < 1.29 is 26.3 Å². The largest absolute Gasteiger partial charge is 0.416 e. The molecule has 94 valence electrons. The summed E-state index contributed by atoms with van der Waals surface area (Å²) in [6.07, 6.45) is -7.03. The summed E-state index contributed by atoms with van der Waals surface area (Å²) in [6.45, 7) is 1.51. The Bertz CT molecular complexity index is 392. The third kappa shape index (κ3) is 3.51. The van der Waals surface area contributed by atoms with Crippen LogP contribution in [-0.2, 0) is 12.4 Å². The van der Waals surface area contributed by atoms with Gasteiger partial charge in [-0.25, -0.2) is 0 Å². The quantitative estimate of drug-likeness (QED) is 0.634. The molecule has 0 amide bonds. The van der Waals surface area contributed by atoms with Gasteiger partial charge in [-0.3, -0.25) is 0 Å².